The minimum absolute atomic E-state index is 0.0193. The van der Waals surface area contributed by atoms with Crippen molar-refractivity contribution in [3.05, 3.63) is 46.5 Å². The molecule has 0 aliphatic carbocycles. The van der Waals surface area contributed by atoms with Gasteiger partial charge in [0, 0.05) is 41.4 Å². The number of carbonyl (C=O) groups excluding carboxylic acids is 2. The number of H-pyrrole nitrogens is 1. The van der Waals surface area contributed by atoms with Crippen LogP contribution in [0, 0.1) is 0 Å². The van der Waals surface area contributed by atoms with Crippen molar-refractivity contribution in [1.29, 1.82) is 0 Å². The van der Waals surface area contributed by atoms with Gasteiger partial charge in [0.15, 0.2) is 0 Å². The second kappa shape index (κ2) is 7.86. The molecule has 23 heavy (non-hydrogen) atoms. The van der Waals surface area contributed by atoms with Gasteiger partial charge >= 0.3 is 5.97 Å². The molecule has 120 valence electrons. The SMILES string of the molecule is COC(=O)[C@H](Cc1c[nH]c2ccccc12)NC(=O)CCN=[N+]=[N-]. The molecule has 1 aromatic carbocycles. The summed E-state index contributed by atoms with van der Waals surface area (Å²) in [6, 6.07) is 6.91. The van der Waals surface area contributed by atoms with Crippen molar-refractivity contribution in [3.63, 3.8) is 0 Å². The molecule has 1 heterocycles. The highest BCUT2D eigenvalue weighted by Gasteiger charge is 2.22. The van der Waals surface area contributed by atoms with Gasteiger partial charge in [-0.2, -0.15) is 0 Å². The number of azide groups is 1. The molecule has 0 bridgehead atoms. The third kappa shape index (κ3) is 4.24. The largest absolute Gasteiger partial charge is 0.467 e. The van der Waals surface area contributed by atoms with Gasteiger partial charge in [0.1, 0.15) is 6.04 Å². The van der Waals surface area contributed by atoms with E-state index in [4.69, 9.17) is 10.3 Å². The Kier molecular flexibility index (Phi) is 5.60. The van der Waals surface area contributed by atoms with Crippen LogP contribution in [0.5, 0.6) is 0 Å². The summed E-state index contributed by atoms with van der Waals surface area (Å²) in [6.07, 6.45) is 2.14. The molecule has 1 amide bonds. The molecular weight excluding hydrogens is 298 g/mol. The van der Waals surface area contributed by atoms with Gasteiger partial charge in [0.25, 0.3) is 0 Å². The van der Waals surface area contributed by atoms with E-state index in [1.807, 2.05) is 30.5 Å². The van der Waals surface area contributed by atoms with E-state index in [2.05, 4.69) is 20.3 Å². The number of aromatic amines is 1. The Morgan fingerprint density at radius 1 is 1.43 bits per heavy atom. The molecule has 0 fully saturated rings. The number of nitrogens with zero attached hydrogens (tertiary/aromatic N) is 3. The molecule has 0 unspecified atom stereocenters. The van der Waals surface area contributed by atoms with Crippen molar-refractivity contribution in [3.8, 4) is 0 Å². The third-order valence-electron chi connectivity index (χ3n) is 3.42. The van der Waals surface area contributed by atoms with E-state index in [0.717, 1.165) is 16.5 Å². The Balaban J connectivity index is 2.11. The summed E-state index contributed by atoms with van der Waals surface area (Å²) in [6.45, 7) is 0.0450. The van der Waals surface area contributed by atoms with E-state index in [9.17, 15) is 9.59 Å². The molecule has 0 saturated carbocycles. The van der Waals surface area contributed by atoms with Crippen LogP contribution >= 0.6 is 0 Å². The number of esters is 1. The maximum atomic E-state index is 11.9. The van der Waals surface area contributed by atoms with Gasteiger partial charge in [-0.3, -0.25) is 4.79 Å². The summed E-state index contributed by atoms with van der Waals surface area (Å²) in [5.41, 5.74) is 10.1. The highest BCUT2D eigenvalue weighted by molar-refractivity contribution is 5.87. The van der Waals surface area contributed by atoms with Gasteiger partial charge in [-0.15, -0.1) is 0 Å². The van der Waals surface area contributed by atoms with Gasteiger partial charge in [-0.1, -0.05) is 23.3 Å². The number of aromatic nitrogens is 1. The van der Waals surface area contributed by atoms with Gasteiger partial charge in [0.05, 0.1) is 7.11 Å². The average Bonchev–Trinajstić information content (AvgIpc) is 2.97. The topological polar surface area (TPSA) is 120 Å². The average molecular weight is 315 g/mol. The molecule has 1 atom stereocenters. The molecule has 0 radical (unpaired) electrons. The predicted molar refractivity (Wildman–Crippen MR) is 84.6 cm³/mol. The lowest BCUT2D eigenvalue weighted by Crippen LogP contribution is -2.43. The summed E-state index contributed by atoms with van der Waals surface area (Å²) in [5.74, 6) is -0.889. The lowest BCUT2D eigenvalue weighted by Gasteiger charge is -2.16. The Morgan fingerprint density at radius 2 is 2.22 bits per heavy atom. The molecule has 0 saturated heterocycles. The molecule has 8 nitrogen and oxygen atoms in total. The number of rotatable bonds is 7. The second-order valence-corrected chi connectivity index (χ2v) is 4.91. The molecule has 2 aromatic rings. The van der Waals surface area contributed by atoms with Crippen LogP contribution in [0.2, 0.25) is 0 Å². The molecule has 2 N–H and O–H groups in total. The zero-order valence-corrected chi connectivity index (χ0v) is 12.7. The molecular formula is C15H17N5O3. The quantitative estimate of drug-likeness (QED) is 0.352. The maximum absolute atomic E-state index is 11.9. The fraction of sp³-hybridized carbons (Fsp3) is 0.333. The van der Waals surface area contributed by atoms with Crippen molar-refractivity contribution in [2.45, 2.75) is 18.9 Å². The fourth-order valence-electron chi connectivity index (χ4n) is 2.32. The fourth-order valence-corrected chi connectivity index (χ4v) is 2.32. The maximum Gasteiger partial charge on any atom is 0.328 e. The predicted octanol–water partition coefficient (Wildman–Crippen LogP) is 2.07. The van der Waals surface area contributed by atoms with E-state index in [0.29, 0.717) is 6.42 Å². The first kappa shape index (κ1) is 16.4. The molecule has 0 aliphatic rings. The molecule has 0 aliphatic heterocycles. The number of ether oxygens (including phenoxy) is 1. The molecule has 8 heteroatoms. The highest BCUT2D eigenvalue weighted by Crippen LogP contribution is 2.19. The van der Waals surface area contributed by atoms with Crippen LogP contribution in [0.15, 0.2) is 35.6 Å². The van der Waals surface area contributed by atoms with Crippen molar-refractivity contribution >= 4 is 22.8 Å². The van der Waals surface area contributed by atoms with Crippen LogP contribution in [-0.2, 0) is 20.7 Å². The zero-order valence-electron chi connectivity index (χ0n) is 12.7. The third-order valence-corrected chi connectivity index (χ3v) is 3.42. The number of amides is 1. The normalized spacial score (nSPS) is 11.5. The number of hydrogen-bond donors (Lipinski definition) is 2. The second-order valence-electron chi connectivity index (χ2n) is 4.91. The minimum Gasteiger partial charge on any atom is -0.467 e. The number of fused-ring (bicyclic) bond motifs is 1. The monoisotopic (exact) mass is 315 g/mol. The van der Waals surface area contributed by atoms with Gasteiger partial charge in [0.2, 0.25) is 5.91 Å². The summed E-state index contributed by atoms with van der Waals surface area (Å²) < 4.78 is 4.75. The van der Waals surface area contributed by atoms with Crippen LogP contribution in [0.4, 0.5) is 0 Å². The van der Waals surface area contributed by atoms with Crippen LogP contribution in [-0.4, -0.2) is 36.6 Å². The van der Waals surface area contributed by atoms with E-state index >= 15 is 0 Å². The Labute approximate surface area is 132 Å². The van der Waals surface area contributed by atoms with E-state index in [-0.39, 0.29) is 18.9 Å². The Morgan fingerprint density at radius 3 is 2.96 bits per heavy atom. The van der Waals surface area contributed by atoms with Crippen molar-refractivity contribution in [2.75, 3.05) is 13.7 Å². The number of nitrogens with one attached hydrogen (secondary N) is 2. The van der Waals surface area contributed by atoms with Gasteiger partial charge in [-0.25, -0.2) is 4.79 Å². The molecule has 2 rings (SSSR count). The number of benzene rings is 1. The lowest BCUT2D eigenvalue weighted by atomic mass is 10.0. The minimum atomic E-state index is -0.794. The van der Waals surface area contributed by atoms with Crippen molar-refractivity contribution in [1.82, 2.24) is 10.3 Å². The van der Waals surface area contributed by atoms with E-state index in [1.54, 1.807) is 0 Å². The molecule has 1 aromatic heterocycles. The van der Waals surface area contributed by atoms with Gasteiger partial charge in [-0.05, 0) is 17.2 Å². The number of carbonyl (C=O) groups is 2. The number of hydrogen-bond acceptors (Lipinski definition) is 4. The standard InChI is InChI=1S/C15H17N5O3/c1-23-15(22)13(19-14(21)6-7-18-20-16)8-10-9-17-12-5-3-2-4-11(10)12/h2-5,9,13,17H,6-8H2,1H3,(H,19,21)/t13-/m0/s1. The first-order valence-electron chi connectivity index (χ1n) is 7.08. The number of para-hydroxylation sites is 1. The van der Waals surface area contributed by atoms with E-state index < -0.39 is 12.0 Å². The lowest BCUT2D eigenvalue weighted by molar-refractivity contribution is -0.145. The van der Waals surface area contributed by atoms with E-state index in [1.165, 1.54) is 7.11 Å². The van der Waals surface area contributed by atoms with Crippen LogP contribution < -0.4 is 5.32 Å². The summed E-state index contributed by atoms with van der Waals surface area (Å²) in [4.78, 5) is 29.4. The van der Waals surface area contributed by atoms with Crippen LogP contribution in [0.3, 0.4) is 0 Å². The van der Waals surface area contributed by atoms with Crippen LogP contribution in [0.1, 0.15) is 12.0 Å². The zero-order chi connectivity index (χ0) is 16.7. The molecule has 0 spiro atoms. The summed E-state index contributed by atoms with van der Waals surface area (Å²) >= 11 is 0. The first-order valence-corrected chi connectivity index (χ1v) is 7.08. The first-order chi connectivity index (χ1) is 11.2. The van der Waals surface area contributed by atoms with Gasteiger partial charge < -0.3 is 15.0 Å². The van der Waals surface area contributed by atoms with Crippen molar-refractivity contribution in [2.24, 2.45) is 5.11 Å². The summed E-state index contributed by atoms with van der Waals surface area (Å²) in [5, 5.41) is 6.91. The highest BCUT2D eigenvalue weighted by atomic mass is 16.5. The van der Waals surface area contributed by atoms with Crippen LogP contribution in [0.25, 0.3) is 21.3 Å². The Bertz CT molecular complexity index is 748. The smallest absolute Gasteiger partial charge is 0.328 e. The Hall–Kier alpha value is -2.99. The van der Waals surface area contributed by atoms with Crippen molar-refractivity contribution < 1.29 is 14.3 Å². The number of methoxy groups -OCH3 is 1. The summed E-state index contributed by atoms with van der Waals surface area (Å²) in [7, 11) is 1.27.